The zero-order chi connectivity index (χ0) is 17.2. The van der Waals surface area contributed by atoms with Crippen LogP contribution in [0, 0.1) is 19.7 Å². The Hall–Kier alpha value is -1.69. The van der Waals surface area contributed by atoms with Gasteiger partial charge in [-0.3, -0.25) is 0 Å². The third kappa shape index (κ3) is 3.32. The van der Waals surface area contributed by atoms with Gasteiger partial charge < -0.3 is 4.57 Å². The summed E-state index contributed by atoms with van der Waals surface area (Å²) in [5.74, 6) is -0.510. The molecule has 0 saturated carbocycles. The fraction of sp³-hybridized carbons (Fsp3) is 0.471. The highest BCUT2D eigenvalue weighted by Gasteiger charge is 2.32. The summed E-state index contributed by atoms with van der Waals surface area (Å²) >= 11 is 0. The molecule has 2 aromatic rings. The SMILES string of the molecule is CCCCn1c(S(=O)(=O)[C@H](C)c2ccccc2F)nc(C)c1C. The lowest BCUT2D eigenvalue weighted by atomic mass is 10.1. The number of imidazole rings is 1. The maximum atomic E-state index is 14.0. The van der Waals surface area contributed by atoms with Gasteiger partial charge in [-0.25, -0.2) is 17.8 Å². The molecule has 0 N–H and O–H groups in total. The van der Waals surface area contributed by atoms with Crippen molar-refractivity contribution in [2.24, 2.45) is 0 Å². The van der Waals surface area contributed by atoms with E-state index in [0.29, 0.717) is 12.2 Å². The minimum absolute atomic E-state index is 0.0386. The highest BCUT2D eigenvalue weighted by atomic mass is 32.2. The van der Waals surface area contributed by atoms with Crippen LogP contribution in [0.15, 0.2) is 29.4 Å². The molecule has 0 fully saturated rings. The second-order valence-electron chi connectivity index (χ2n) is 5.78. The van der Waals surface area contributed by atoms with Crippen LogP contribution in [0.2, 0.25) is 0 Å². The van der Waals surface area contributed by atoms with E-state index in [9.17, 15) is 12.8 Å². The minimum atomic E-state index is -3.77. The van der Waals surface area contributed by atoms with Crippen molar-refractivity contribution in [3.05, 3.63) is 47.0 Å². The molecule has 0 spiro atoms. The van der Waals surface area contributed by atoms with Gasteiger partial charge in [0.1, 0.15) is 5.82 Å². The Morgan fingerprint density at radius 1 is 1.26 bits per heavy atom. The monoisotopic (exact) mass is 338 g/mol. The Bertz CT molecular complexity index is 797. The highest BCUT2D eigenvalue weighted by molar-refractivity contribution is 7.91. The molecule has 0 aliphatic rings. The van der Waals surface area contributed by atoms with E-state index in [2.05, 4.69) is 11.9 Å². The molecule has 0 radical (unpaired) electrons. The third-order valence-electron chi connectivity index (χ3n) is 4.22. The summed E-state index contributed by atoms with van der Waals surface area (Å²) in [4.78, 5) is 4.26. The van der Waals surface area contributed by atoms with E-state index in [1.165, 1.54) is 19.1 Å². The molecule has 126 valence electrons. The molecule has 6 heteroatoms. The molecule has 23 heavy (non-hydrogen) atoms. The second kappa shape index (κ2) is 6.83. The zero-order valence-corrected chi connectivity index (χ0v) is 14.8. The Morgan fingerprint density at radius 3 is 2.52 bits per heavy atom. The smallest absolute Gasteiger partial charge is 0.228 e. The molecule has 1 aromatic carbocycles. The van der Waals surface area contributed by atoms with Crippen molar-refractivity contribution in [3.63, 3.8) is 0 Å². The highest BCUT2D eigenvalue weighted by Crippen LogP contribution is 2.30. The number of aryl methyl sites for hydroxylation is 1. The minimum Gasteiger partial charge on any atom is -0.319 e. The normalized spacial score (nSPS) is 13.3. The molecule has 4 nitrogen and oxygen atoms in total. The maximum Gasteiger partial charge on any atom is 0.228 e. The van der Waals surface area contributed by atoms with Gasteiger partial charge in [-0.2, -0.15) is 0 Å². The average Bonchev–Trinajstić information content (AvgIpc) is 2.81. The molecule has 0 saturated heterocycles. The van der Waals surface area contributed by atoms with Gasteiger partial charge in [0.05, 0.1) is 10.9 Å². The molecule has 0 aliphatic carbocycles. The Balaban J connectivity index is 2.52. The first-order valence-corrected chi connectivity index (χ1v) is 9.37. The van der Waals surface area contributed by atoms with Crippen LogP contribution in [-0.4, -0.2) is 18.0 Å². The van der Waals surface area contributed by atoms with Crippen LogP contribution in [0.4, 0.5) is 4.39 Å². The molecule has 2 rings (SSSR count). The van der Waals surface area contributed by atoms with E-state index >= 15 is 0 Å². The standard InChI is InChI=1S/C17H23FN2O2S/c1-5-6-11-20-13(3)12(2)19-17(20)23(21,22)14(4)15-9-7-8-10-16(15)18/h7-10,14H,5-6,11H2,1-4H3/t14-/m1/s1. The van der Waals surface area contributed by atoms with Crippen molar-refractivity contribution < 1.29 is 12.8 Å². The van der Waals surface area contributed by atoms with Crippen molar-refractivity contribution in [2.75, 3.05) is 0 Å². The van der Waals surface area contributed by atoms with Crippen molar-refractivity contribution >= 4 is 9.84 Å². The van der Waals surface area contributed by atoms with Crippen molar-refractivity contribution in [1.82, 2.24) is 9.55 Å². The van der Waals surface area contributed by atoms with Crippen molar-refractivity contribution in [2.45, 2.75) is 57.5 Å². The number of nitrogens with zero attached hydrogens (tertiary/aromatic N) is 2. The zero-order valence-electron chi connectivity index (χ0n) is 14.0. The number of benzene rings is 1. The molecule has 0 aliphatic heterocycles. The molecule has 0 amide bonds. The van der Waals surface area contributed by atoms with Crippen molar-refractivity contribution in [1.29, 1.82) is 0 Å². The van der Waals surface area contributed by atoms with E-state index in [0.717, 1.165) is 18.5 Å². The van der Waals surface area contributed by atoms with Crippen LogP contribution in [-0.2, 0) is 16.4 Å². The lowest BCUT2D eigenvalue weighted by Crippen LogP contribution is -2.18. The van der Waals surface area contributed by atoms with Gasteiger partial charge in [-0.05, 0) is 33.3 Å². The number of hydrogen-bond donors (Lipinski definition) is 0. The summed E-state index contributed by atoms with van der Waals surface area (Å²) in [6.07, 6.45) is 1.83. The molecular formula is C17H23FN2O2S. The largest absolute Gasteiger partial charge is 0.319 e. The van der Waals surface area contributed by atoms with Crippen LogP contribution < -0.4 is 0 Å². The predicted molar refractivity (Wildman–Crippen MR) is 88.6 cm³/mol. The molecule has 1 atom stereocenters. The topological polar surface area (TPSA) is 52.0 Å². The van der Waals surface area contributed by atoms with Crippen LogP contribution in [0.3, 0.4) is 0 Å². The van der Waals surface area contributed by atoms with E-state index in [-0.39, 0.29) is 10.7 Å². The summed E-state index contributed by atoms with van der Waals surface area (Å²) in [5, 5.41) is -0.943. The summed E-state index contributed by atoms with van der Waals surface area (Å²) < 4.78 is 41.7. The lowest BCUT2D eigenvalue weighted by Gasteiger charge is -2.15. The molecular weight excluding hydrogens is 315 g/mol. The molecule has 1 aromatic heterocycles. The number of hydrogen-bond acceptors (Lipinski definition) is 3. The number of rotatable bonds is 6. The van der Waals surface area contributed by atoms with E-state index in [1.54, 1.807) is 23.6 Å². The van der Waals surface area contributed by atoms with E-state index in [1.807, 2.05) is 6.92 Å². The van der Waals surface area contributed by atoms with Crippen molar-refractivity contribution in [3.8, 4) is 0 Å². The summed E-state index contributed by atoms with van der Waals surface area (Å²) in [7, 11) is -3.77. The lowest BCUT2D eigenvalue weighted by molar-refractivity contribution is 0.530. The first-order valence-electron chi connectivity index (χ1n) is 7.82. The van der Waals surface area contributed by atoms with Gasteiger partial charge in [0.15, 0.2) is 0 Å². The van der Waals surface area contributed by atoms with Crippen LogP contribution in [0.25, 0.3) is 0 Å². The Morgan fingerprint density at radius 2 is 1.91 bits per heavy atom. The number of unbranched alkanes of at least 4 members (excludes halogenated alkanes) is 1. The van der Waals surface area contributed by atoms with Crippen LogP contribution in [0.5, 0.6) is 0 Å². The van der Waals surface area contributed by atoms with E-state index < -0.39 is 20.9 Å². The molecule has 1 heterocycles. The third-order valence-corrected chi connectivity index (χ3v) is 6.23. The quantitative estimate of drug-likeness (QED) is 0.801. The van der Waals surface area contributed by atoms with Crippen LogP contribution in [0.1, 0.15) is 48.9 Å². The Kier molecular flexibility index (Phi) is 5.24. The van der Waals surface area contributed by atoms with Gasteiger partial charge >= 0.3 is 0 Å². The summed E-state index contributed by atoms with van der Waals surface area (Å²) in [6.45, 7) is 7.82. The van der Waals surface area contributed by atoms with Gasteiger partial charge in [-0.1, -0.05) is 31.5 Å². The van der Waals surface area contributed by atoms with Crippen LogP contribution >= 0.6 is 0 Å². The number of aromatic nitrogens is 2. The molecule has 0 bridgehead atoms. The number of halogens is 1. The fourth-order valence-electron chi connectivity index (χ4n) is 2.55. The summed E-state index contributed by atoms with van der Waals surface area (Å²) in [6, 6.07) is 5.98. The fourth-order valence-corrected chi connectivity index (χ4v) is 4.19. The van der Waals surface area contributed by atoms with Gasteiger partial charge in [0, 0.05) is 17.8 Å². The first-order chi connectivity index (χ1) is 10.8. The maximum absolute atomic E-state index is 14.0. The van der Waals surface area contributed by atoms with Gasteiger partial charge in [0.25, 0.3) is 0 Å². The average molecular weight is 338 g/mol. The second-order valence-corrected chi connectivity index (χ2v) is 7.94. The number of sulfone groups is 1. The molecule has 0 unspecified atom stereocenters. The van der Waals surface area contributed by atoms with Gasteiger partial charge in [-0.15, -0.1) is 0 Å². The van der Waals surface area contributed by atoms with Gasteiger partial charge in [0.2, 0.25) is 15.0 Å². The summed E-state index contributed by atoms with van der Waals surface area (Å²) in [5.41, 5.74) is 1.71. The van der Waals surface area contributed by atoms with E-state index in [4.69, 9.17) is 0 Å². The predicted octanol–water partition coefficient (Wildman–Crippen LogP) is 3.97. The Labute approximate surface area is 137 Å². The first kappa shape index (κ1) is 17.7.